The Morgan fingerprint density at radius 3 is 1.93 bits per heavy atom. The number of rotatable bonds is 16. The highest BCUT2D eigenvalue weighted by molar-refractivity contribution is 5.73. The van der Waals surface area contributed by atoms with Gasteiger partial charge in [-0.1, -0.05) is 64.4 Å². The molecule has 0 aliphatic rings. The van der Waals surface area contributed by atoms with Crippen LogP contribution in [-0.4, -0.2) is 36.6 Å². The fourth-order valence-electron chi connectivity index (χ4n) is 2.94. The molecular weight excluding hydrogens is 358 g/mol. The van der Waals surface area contributed by atoms with E-state index in [0.717, 1.165) is 12.8 Å². The van der Waals surface area contributed by atoms with Gasteiger partial charge in [-0.15, -0.1) is 0 Å². The van der Waals surface area contributed by atoms with Gasteiger partial charge >= 0.3 is 11.9 Å². The van der Waals surface area contributed by atoms with E-state index in [1.807, 2.05) is 6.08 Å². The summed E-state index contributed by atoms with van der Waals surface area (Å²) < 4.78 is 10.3. The number of nitrogens with one attached hydrogen (secondary N) is 1. The van der Waals surface area contributed by atoms with Crippen LogP contribution in [0.2, 0.25) is 0 Å². The summed E-state index contributed by atoms with van der Waals surface area (Å²) >= 11 is 0. The molecule has 1 N–H and O–H groups in total. The summed E-state index contributed by atoms with van der Waals surface area (Å²) in [4.78, 5) is 33.9. The minimum absolute atomic E-state index is 0.0464. The second kappa shape index (κ2) is 17.3. The van der Waals surface area contributed by atoms with E-state index in [-0.39, 0.29) is 12.5 Å². The van der Waals surface area contributed by atoms with Crippen molar-refractivity contribution < 1.29 is 23.9 Å². The van der Waals surface area contributed by atoms with Crippen LogP contribution in [-0.2, 0) is 23.9 Å². The van der Waals surface area contributed by atoms with Crippen molar-refractivity contribution in [3.05, 3.63) is 12.2 Å². The Morgan fingerprint density at radius 2 is 1.43 bits per heavy atom. The number of ether oxygens (including phenoxy) is 2. The Labute approximate surface area is 170 Å². The topological polar surface area (TPSA) is 81.7 Å². The smallest absolute Gasteiger partial charge is 0.303 e. The van der Waals surface area contributed by atoms with E-state index in [0.29, 0.717) is 0 Å². The molecule has 0 fully saturated rings. The molecular formula is C22H39NO5. The highest BCUT2D eigenvalue weighted by atomic mass is 16.6. The third-order valence-electron chi connectivity index (χ3n) is 4.35. The molecule has 0 heterocycles. The first-order valence-electron chi connectivity index (χ1n) is 10.6. The van der Waals surface area contributed by atoms with E-state index < -0.39 is 24.1 Å². The predicted octanol–water partition coefficient (Wildman–Crippen LogP) is 4.46. The molecule has 0 spiro atoms. The standard InChI is InChI=1S/C22H39NO5/c1-5-6-7-8-9-10-11-12-13-14-15-16-22(28-20(4)26)21(23-18(2)24)17-27-19(3)25/h15-16,21-22H,5-14,17H2,1-4H3,(H,23,24)/b16-15+/t21-,22+/m0/s1. The van der Waals surface area contributed by atoms with Gasteiger partial charge in [-0.25, -0.2) is 0 Å². The van der Waals surface area contributed by atoms with E-state index in [1.165, 1.54) is 72.1 Å². The van der Waals surface area contributed by atoms with E-state index in [2.05, 4.69) is 12.2 Å². The van der Waals surface area contributed by atoms with Gasteiger partial charge in [0.15, 0.2) is 0 Å². The van der Waals surface area contributed by atoms with Crippen molar-refractivity contribution in [1.29, 1.82) is 0 Å². The summed E-state index contributed by atoms with van der Waals surface area (Å²) in [6.07, 6.45) is 15.4. The van der Waals surface area contributed by atoms with E-state index in [1.54, 1.807) is 6.08 Å². The van der Waals surface area contributed by atoms with E-state index in [4.69, 9.17) is 9.47 Å². The summed E-state index contributed by atoms with van der Waals surface area (Å²) in [6.45, 7) is 6.17. The Morgan fingerprint density at radius 1 is 0.857 bits per heavy atom. The summed E-state index contributed by atoms with van der Waals surface area (Å²) in [5.74, 6) is -1.17. The van der Waals surface area contributed by atoms with Crippen molar-refractivity contribution in [3.8, 4) is 0 Å². The number of carbonyl (C=O) groups excluding carboxylic acids is 3. The lowest BCUT2D eigenvalue weighted by molar-refractivity contribution is -0.149. The van der Waals surface area contributed by atoms with Crippen LogP contribution in [0.3, 0.4) is 0 Å². The molecule has 0 saturated heterocycles. The molecule has 0 aromatic heterocycles. The highest BCUT2D eigenvalue weighted by Gasteiger charge is 2.24. The molecule has 1 amide bonds. The first-order valence-corrected chi connectivity index (χ1v) is 10.6. The molecule has 0 aromatic rings. The Hall–Kier alpha value is -1.85. The molecule has 0 radical (unpaired) electrons. The SMILES string of the molecule is CCCCCCCCCCC/C=C/[C@@H](OC(C)=O)[C@H](COC(C)=O)NC(C)=O. The third-order valence-corrected chi connectivity index (χ3v) is 4.35. The fourth-order valence-corrected chi connectivity index (χ4v) is 2.94. The number of allylic oxidation sites excluding steroid dienone is 1. The number of carbonyl (C=O) groups is 3. The molecule has 0 aliphatic carbocycles. The van der Waals surface area contributed by atoms with Crippen molar-refractivity contribution in [3.63, 3.8) is 0 Å². The fraction of sp³-hybridized carbons (Fsp3) is 0.773. The second-order valence-electron chi connectivity index (χ2n) is 7.23. The first-order chi connectivity index (χ1) is 13.4. The van der Waals surface area contributed by atoms with Gasteiger partial charge in [0.2, 0.25) is 5.91 Å². The lowest BCUT2D eigenvalue weighted by atomic mass is 10.1. The average Bonchev–Trinajstić information content (AvgIpc) is 2.61. The summed E-state index contributed by atoms with van der Waals surface area (Å²) in [5.41, 5.74) is 0. The van der Waals surface area contributed by atoms with Gasteiger partial charge in [-0.05, 0) is 18.9 Å². The van der Waals surface area contributed by atoms with Crippen LogP contribution in [0.5, 0.6) is 0 Å². The van der Waals surface area contributed by atoms with Gasteiger partial charge in [0.1, 0.15) is 18.8 Å². The van der Waals surface area contributed by atoms with E-state index in [9.17, 15) is 14.4 Å². The van der Waals surface area contributed by atoms with Crippen LogP contribution in [0.25, 0.3) is 0 Å². The van der Waals surface area contributed by atoms with Crippen LogP contribution in [0.15, 0.2) is 12.2 Å². The number of esters is 2. The second-order valence-corrected chi connectivity index (χ2v) is 7.23. The van der Waals surface area contributed by atoms with Gasteiger partial charge in [0.25, 0.3) is 0 Å². The number of amides is 1. The zero-order valence-electron chi connectivity index (χ0n) is 18.1. The van der Waals surface area contributed by atoms with Crippen LogP contribution < -0.4 is 5.32 Å². The van der Waals surface area contributed by atoms with Crippen LogP contribution >= 0.6 is 0 Å². The van der Waals surface area contributed by atoms with Crippen molar-refractivity contribution >= 4 is 17.8 Å². The molecule has 6 heteroatoms. The molecule has 0 aliphatic heterocycles. The van der Waals surface area contributed by atoms with Gasteiger partial charge in [0, 0.05) is 20.8 Å². The summed E-state index contributed by atoms with van der Waals surface area (Å²) in [5, 5.41) is 2.69. The predicted molar refractivity (Wildman–Crippen MR) is 111 cm³/mol. The molecule has 0 unspecified atom stereocenters. The third kappa shape index (κ3) is 16.3. The Bertz CT molecular complexity index is 476. The van der Waals surface area contributed by atoms with Gasteiger partial charge < -0.3 is 14.8 Å². The van der Waals surface area contributed by atoms with Crippen molar-refractivity contribution in [2.45, 2.75) is 104 Å². The number of hydrogen-bond donors (Lipinski definition) is 1. The lowest BCUT2D eigenvalue weighted by Crippen LogP contribution is -2.46. The minimum Gasteiger partial charge on any atom is -0.464 e. The molecule has 0 bridgehead atoms. The normalized spacial score (nSPS) is 13.1. The highest BCUT2D eigenvalue weighted by Crippen LogP contribution is 2.11. The first kappa shape index (κ1) is 26.1. The van der Waals surface area contributed by atoms with Crippen LogP contribution in [0, 0.1) is 0 Å². The maximum absolute atomic E-state index is 11.4. The van der Waals surface area contributed by atoms with Crippen molar-refractivity contribution in [1.82, 2.24) is 5.32 Å². The summed E-state index contributed by atoms with van der Waals surface area (Å²) in [6, 6.07) is -0.607. The monoisotopic (exact) mass is 397 g/mol. The molecule has 6 nitrogen and oxygen atoms in total. The zero-order valence-corrected chi connectivity index (χ0v) is 18.1. The summed E-state index contributed by atoms with van der Waals surface area (Å²) in [7, 11) is 0. The molecule has 28 heavy (non-hydrogen) atoms. The quantitative estimate of drug-likeness (QED) is 0.236. The average molecular weight is 398 g/mol. The molecule has 0 saturated carbocycles. The maximum Gasteiger partial charge on any atom is 0.303 e. The largest absolute Gasteiger partial charge is 0.464 e. The Balaban J connectivity index is 4.33. The molecule has 0 rings (SSSR count). The van der Waals surface area contributed by atoms with Gasteiger partial charge in [-0.2, -0.15) is 0 Å². The van der Waals surface area contributed by atoms with Crippen molar-refractivity contribution in [2.24, 2.45) is 0 Å². The number of unbranched alkanes of at least 4 members (excludes halogenated alkanes) is 9. The zero-order chi connectivity index (χ0) is 21.2. The Kier molecular flexibility index (Phi) is 16.1. The van der Waals surface area contributed by atoms with Crippen LogP contribution in [0.4, 0.5) is 0 Å². The van der Waals surface area contributed by atoms with Crippen molar-refractivity contribution in [2.75, 3.05) is 6.61 Å². The minimum atomic E-state index is -0.667. The van der Waals surface area contributed by atoms with E-state index >= 15 is 0 Å². The van der Waals surface area contributed by atoms with Gasteiger partial charge in [-0.3, -0.25) is 14.4 Å². The molecule has 2 atom stereocenters. The lowest BCUT2D eigenvalue weighted by Gasteiger charge is -2.24. The van der Waals surface area contributed by atoms with Gasteiger partial charge in [0.05, 0.1) is 0 Å². The molecule has 0 aromatic carbocycles. The molecule has 162 valence electrons. The number of hydrogen-bond acceptors (Lipinski definition) is 5. The maximum atomic E-state index is 11.4. The van der Waals surface area contributed by atoms with Crippen LogP contribution in [0.1, 0.15) is 91.9 Å².